The zero-order chi connectivity index (χ0) is 8.55. The molecular formula is C7H7BN2S2. The number of thiophene rings is 1. The summed E-state index contributed by atoms with van der Waals surface area (Å²) in [5.74, 6) is 0. The Labute approximate surface area is 79.8 Å². The van der Waals surface area contributed by atoms with Crippen LogP contribution >= 0.6 is 23.1 Å². The molecule has 0 saturated heterocycles. The first kappa shape index (κ1) is 8.07. The SMILES string of the molecule is Bc1csc2c(SC)ncnc12. The minimum atomic E-state index is 1.08. The van der Waals surface area contributed by atoms with Crippen molar-refractivity contribution in [2.75, 3.05) is 6.26 Å². The van der Waals surface area contributed by atoms with Crippen molar-refractivity contribution in [1.82, 2.24) is 9.97 Å². The Balaban J connectivity index is 2.81. The number of thioether (sulfide) groups is 1. The average Bonchev–Trinajstić information content (AvgIpc) is 2.48. The highest BCUT2D eigenvalue weighted by Gasteiger charge is 2.05. The number of nitrogens with zero attached hydrogens (tertiary/aromatic N) is 2. The first-order chi connectivity index (χ1) is 5.83. The number of fused-ring (bicyclic) bond motifs is 1. The molecule has 2 aromatic heterocycles. The molecule has 5 heteroatoms. The Morgan fingerprint density at radius 3 is 3.08 bits per heavy atom. The van der Waals surface area contributed by atoms with Crippen molar-refractivity contribution in [3.8, 4) is 0 Å². The highest BCUT2D eigenvalue weighted by atomic mass is 32.2. The highest BCUT2D eigenvalue weighted by Crippen LogP contribution is 2.25. The fourth-order valence-corrected chi connectivity index (χ4v) is 2.81. The van der Waals surface area contributed by atoms with Gasteiger partial charge in [0.15, 0.2) is 0 Å². The van der Waals surface area contributed by atoms with Crippen LogP contribution in [0.2, 0.25) is 0 Å². The number of aromatic nitrogens is 2. The average molecular weight is 194 g/mol. The van der Waals surface area contributed by atoms with Crippen molar-refractivity contribution in [2.45, 2.75) is 5.03 Å². The first-order valence-corrected chi connectivity index (χ1v) is 5.66. The van der Waals surface area contributed by atoms with Gasteiger partial charge < -0.3 is 0 Å². The molecule has 0 aromatic carbocycles. The highest BCUT2D eigenvalue weighted by molar-refractivity contribution is 7.98. The zero-order valence-electron chi connectivity index (χ0n) is 6.87. The van der Waals surface area contributed by atoms with Gasteiger partial charge in [0.25, 0.3) is 0 Å². The Hall–Kier alpha value is -0.545. The maximum Gasteiger partial charge on any atom is 0.143 e. The van der Waals surface area contributed by atoms with E-state index in [1.165, 1.54) is 10.2 Å². The van der Waals surface area contributed by atoms with Crippen LogP contribution < -0.4 is 5.46 Å². The molecule has 0 saturated carbocycles. The summed E-state index contributed by atoms with van der Waals surface area (Å²) in [6.07, 6.45) is 3.67. The minimum Gasteiger partial charge on any atom is -0.236 e. The van der Waals surface area contributed by atoms with E-state index in [0.29, 0.717) is 0 Å². The van der Waals surface area contributed by atoms with E-state index >= 15 is 0 Å². The summed E-state index contributed by atoms with van der Waals surface area (Å²) in [5.41, 5.74) is 2.34. The molecular weight excluding hydrogens is 187 g/mol. The number of hydrogen-bond donors (Lipinski definition) is 0. The van der Waals surface area contributed by atoms with Crippen molar-refractivity contribution in [3.63, 3.8) is 0 Å². The van der Waals surface area contributed by atoms with Gasteiger partial charge in [0.05, 0.1) is 10.2 Å². The third-order valence-electron chi connectivity index (χ3n) is 1.69. The van der Waals surface area contributed by atoms with Gasteiger partial charge in [-0.15, -0.1) is 23.1 Å². The Morgan fingerprint density at radius 1 is 1.50 bits per heavy atom. The molecule has 0 aliphatic rings. The van der Waals surface area contributed by atoms with Crippen molar-refractivity contribution < 1.29 is 0 Å². The second-order valence-electron chi connectivity index (χ2n) is 2.48. The topological polar surface area (TPSA) is 25.8 Å². The molecule has 0 spiro atoms. The summed E-state index contributed by atoms with van der Waals surface area (Å²) in [7, 11) is 2.08. The molecule has 12 heavy (non-hydrogen) atoms. The Morgan fingerprint density at radius 2 is 2.33 bits per heavy atom. The van der Waals surface area contributed by atoms with Gasteiger partial charge in [-0.2, -0.15) is 0 Å². The maximum absolute atomic E-state index is 4.24. The summed E-state index contributed by atoms with van der Waals surface area (Å²) < 4.78 is 1.21. The quantitative estimate of drug-likeness (QED) is 0.379. The van der Waals surface area contributed by atoms with Gasteiger partial charge in [-0.1, -0.05) is 5.46 Å². The molecule has 0 N–H and O–H groups in total. The van der Waals surface area contributed by atoms with E-state index < -0.39 is 0 Å². The lowest BCUT2D eigenvalue weighted by Gasteiger charge is -1.95. The lowest BCUT2D eigenvalue weighted by atomic mass is 9.99. The van der Waals surface area contributed by atoms with Gasteiger partial charge in [-0.25, -0.2) is 9.97 Å². The molecule has 0 amide bonds. The largest absolute Gasteiger partial charge is 0.236 e. The first-order valence-electron chi connectivity index (χ1n) is 3.55. The molecule has 2 aromatic rings. The summed E-state index contributed by atoms with van der Waals surface area (Å²) in [6, 6.07) is 0. The molecule has 0 radical (unpaired) electrons. The summed E-state index contributed by atoms with van der Waals surface area (Å²) in [5, 5.41) is 3.21. The lowest BCUT2D eigenvalue weighted by Crippen LogP contribution is -1.99. The third kappa shape index (κ3) is 1.13. The van der Waals surface area contributed by atoms with Crippen LogP contribution in [0.1, 0.15) is 0 Å². The molecule has 0 bridgehead atoms. The predicted octanol–water partition coefficient (Wildman–Crippen LogP) is 0.672. The van der Waals surface area contributed by atoms with Crippen molar-refractivity contribution in [1.29, 1.82) is 0 Å². The normalized spacial score (nSPS) is 10.8. The Bertz CT molecular complexity index is 413. The molecule has 0 unspecified atom stereocenters. The van der Waals surface area contributed by atoms with Crippen LogP contribution in [-0.2, 0) is 0 Å². The van der Waals surface area contributed by atoms with E-state index in [2.05, 4.69) is 23.2 Å². The van der Waals surface area contributed by atoms with E-state index in [-0.39, 0.29) is 0 Å². The number of hydrogen-bond acceptors (Lipinski definition) is 4. The van der Waals surface area contributed by atoms with Crippen molar-refractivity contribution in [2.24, 2.45) is 0 Å². The fraction of sp³-hybridized carbons (Fsp3) is 0.143. The summed E-state index contributed by atoms with van der Waals surface area (Å²) in [6.45, 7) is 0. The van der Waals surface area contributed by atoms with Crippen LogP contribution in [0.4, 0.5) is 0 Å². The summed E-state index contributed by atoms with van der Waals surface area (Å²) in [4.78, 5) is 8.44. The van der Waals surface area contributed by atoms with Gasteiger partial charge in [0.1, 0.15) is 19.2 Å². The standard InChI is InChI=1S/C7H7BN2S2/c1-11-7-6-5(9-3-10-7)4(8)2-12-6/h2-3H,8H2,1H3. The van der Waals surface area contributed by atoms with Crippen LogP contribution in [0.3, 0.4) is 0 Å². The van der Waals surface area contributed by atoms with Gasteiger partial charge >= 0.3 is 0 Å². The van der Waals surface area contributed by atoms with E-state index in [1.54, 1.807) is 29.4 Å². The second kappa shape index (κ2) is 3.07. The Kier molecular flexibility index (Phi) is 2.06. The van der Waals surface area contributed by atoms with Crippen LogP contribution in [0, 0.1) is 0 Å². The van der Waals surface area contributed by atoms with Crippen LogP contribution in [0.25, 0.3) is 10.2 Å². The van der Waals surface area contributed by atoms with Gasteiger partial charge in [-0.05, 0) is 11.6 Å². The van der Waals surface area contributed by atoms with Crippen LogP contribution in [0.5, 0.6) is 0 Å². The number of rotatable bonds is 1. The zero-order valence-corrected chi connectivity index (χ0v) is 8.50. The maximum atomic E-state index is 4.24. The predicted molar refractivity (Wildman–Crippen MR) is 57.4 cm³/mol. The molecule has 2 heterocycles. The molecule has 0 aliphatic carbocycles. The minimum absolute atomic E-state index is 1.08. The van der Waals surface area contributed by atoms with Crippen LogP contribution in [-0.4, -0.2) is 24.1 Å². The molecule has 2 rings (SSSR count). The molecule has 0 atom stereocenters. The monoisotopic (exact) mass is 194 g/mol. The fourth-order valence-electron chi connectivity index (χ4n) is 1.09. The van der Waals surface area contributed by atoms with E-state index in [4.69, 9.17) is 0 Å². The summed E-state index contributed by atoms with van der Waals surface area (Å²) >= 11 is 3.39. The van der Waals surface area contributed by atoms with Crippen molar-refractivity contribution >= 4 is 46.6 Å². The molecule has 0 aliphatic heterocycles. The van der Waals surface area contributed by atoms with Gasteiger partial charge in [-0.3, -0.25) is 0 Å². The van der Waals surface area contributed by atoms with Crippen LogP contribution in [0.15, 0.2) is 16.7 Å². The third-order valence-corrected chi connectivity index (χ3v) is 3.61. The molecule has 2 nitrogen and oxygen atoms in total. The van der Waals surface area contributed by atoms with E-state index in [1.807, 2.05) is 6.26 Å². The van der Waals surface area contributed by atoms with E-state index in [9.17, 15) is 0 Å². The van der Waals surface area contributed by atoms with Crippen molar-refractivity contribution in [3.05, 3.63) is 11.7 Å². The van der Waals surface area contributed by atoms with E-state index in [0.717, 1.165) is 10.5 Å². The van der Waals surface area contributed by atoms with Gasteiger partial charge in [0, 0.05) is 0 Å². The molecule has 60 valence electrons. The second-order valence-corrected chi connectivity index (χ2v) is 4.15. The molecule has 0 fully saturated rings. The smallest absolute Gasteiger partial charge is 0.143 e. The lowest BCUT2D eigenvalue weighted by molar-refractivity contribution is 1.11. The van der Waals surface area contributed by atoms with Gasteiger partial charge in [0.2, 0.25) is 0 Å².